The van der Waals surface area contributed by atoms with Crippen molar-refractivity contribution in [2.45, 2.75) is 32.8 Å². The summed E-state index contributed by atoms with van der Waals surface area (Å²) in [7, 11) is -4.30. The van der Waals surface area contributed by atoms with Crippen LogP contribution in [0.25, 0.3) is 0 Å². The third kappa shape index (κ3) is 4.94. The van der Waals surface area contributed by atoms with Crippen LogP contribution in [0.3, 0.4) is 0 Å². The second-order valence-corrected chi connectivity index (χ2v) is 3.86. The van der Waals surface area contributed by atoms with Crippen molar-refractivity contribution in [3.05, 3.63) is 0 Å². The van der Waals surface area contributed by atoms with Crippen molar-refractivity contribution < 1.29 is 18.9 Å². The standard InChI is InChI=1S/C5H13O4P/c1-4-5(2,3)9-10(6,7)8/h4H2,1-3H3,(H2,6,7,8). The van der Waals surface area contributed by atoms with Crippen molar-refractivity contribution in [2.24, 2.45) is 0 Å². The van der Waals surface area contributed by atoms with Crippen LogP contribution in [0.4, 0.5) is 0 Å². The van der Waals surface area contributed by atoms with E-state index in [4.69, 9.17) is 9.79 Å². The molecule has 0 unspecified atom stereocenters. The molecule has 0 aromatic carbocycles. The maximum Gasteiger partial charge on any atom is 0.470 e. The molecule has 0 atom stereocenters. The third-order valence-corrected chi connectivity index (χ3v) is 1.95. The number of hydrogen-bond acceptors (Lipinski definition) is 2. The summed E-state index contributed by atoms with van der Waals surface area (Å²) < 4.78 is 14.7. The van der Waals surface area contributed by atoms with E-state index in [1.807, 2.05) is 0 Å². The third-order valence-electron chi connectivity index (χ3n) is 1.22. The molecule has 0 saturated carbocycles. The van der Waals surface area contributed by atoms with E-state index in [0.717, 1.165) is 0 Å². The molecule has 0 radical (unpaired) electrons. The minimum absolute atomic E-state index is 0.568. The minimum atomic E-state index is -4.30. The molecule has 2 N–H and O–H groups in total. The average Bonchev–Trinajstić information content (AvgIpc) is 1.60. The zero-order valence-electron chi connectivity index (χ0n) is 6.37. The van der Waals surface area contributed by atoms with Gasteiger partial charge in [0.15, 0.2) is 0 Å². The lowest BCUT2D eigenvalue weighted by molar-refractivity contribution is 0.0621. The molecule has 0 aromatic heterocycles. The monoisotopic (exact) mass is 168 g/mol. The molecule has 0 aliphatic rings. The fraction of sp³-hybridized carbons (Fsp3) is 1.00. The summed E-state index contributed by atoms with van der Waals surface area (Å²) in [6.07, 6.45) is 0.568. The van der Waals surface area contributed by atoms with E-state index in [2.05, 4.69) is 4.52 Å². The van der Waals surface area contributed by atoms with Gasteiger partial charge < -0.3 is 9.79 Å². The van der Waals surface area contributed by atoms with E-state index >= 15 is 0 Å². The maximum atomic E-state index is 10.3. The predicted octanol–water partition coefficient (Wildman–Crippen LogP) is 1.28. The van der Waals surface area contributed by atoms with Crippen molar-refractivity contribution in [2.75, 3.05) is 0 Å². The van der Waals surface area contributed by atoms with E-state index in [9.17, 15) is 4.57 Å². The van der Waals surface area contributed by atoms with Crippen molar-refractivity contribution in [1.29, 1.82) is 0 Å². The molecule has 4 nitrogen and oxygen atoms in total. The minimum Gasteiger partial charge on any atom is -0.303 e. The SMILES string of the molecule is CCC(C)(C)OP(=O)(O)O. The van der Waals surface area contributed by atoms with Crippen LogP contribution in [0.1, 0.15) is 27.2 Å². The van der Waals surface area contributed by atoms with Crippen LogP contribution in [0.15, 0.2) is 0 Å². The van der Waals surface area contributed by atoms with Crippen LogP contribution >= 0.6 is 7.82 Å². The second-order valence-electron chi connectivity index (χ2n) is 2.70. The van der Waals surface area contributed by atoms with Gasteiger partial charge in [0.25, 0.3) is 0 Å². The molecule has 0 aliphatic heterocycles. The highest BCUT2D eigenvalue weighted by atomic mass is 31.2. The van der Waals surface area contributed by atoms with Crippen molar-refractivity contribution >= 4 is 7.82 Å². The Bertz CT molecular complexity index is 148. The topological polar surface area (TPSA) is 66.8 Å². The normalized spacial score (nSPS) is 13.7. The van der Waals surface area contributed by atoms with Crippen molar-refractivity contribution in [3.8, 4) is 0 Å². The summed E-state index contributed by atoms with van der Waals surface area (Å²) >= 11 is 0. The van der Waals surface area contributed by atoms with E-state index in [1.54, 1.807) is 20.8 Å². The number of phosphoric ester groups is 1. The van der Waals surface area contributed by atoms with E-state index in [-0.39, 0.29) is 0 Å². The molecule has 0 aromatic rings. The van der Waals surface area contributed by atoms with Crippen molar-refractivity contribution in [1.82, 2.24) is 0 Å². The summed E-state index contributed by atoms with van der Waals surface area (Å²) in [5, 5.41) is 0. The van der Waals surface area contributed by atoms with Gasteiger partial charge in [0, 0.05) is 0 Å². The zero-order chi connectivity index (χ0) is 8.41. The molecule has 0 amide bonds. The quantitative estimate of drug-likeness (QED) is 0.623. The Labute approximate surface area is 60.5 Å². The van der Waals surface area contributed by atoms with Gasteiger partial charge in [-0.25, -0.2) is 4.57 Å². The first-order chi connectivity index (χ1) is 4.27. The van der Waals surface area contributed by atoms with E-state index in [1.165, 1.54) is 0 Å². The molecular weight excluding hydrogens is 155 g/mol. The molecule has 0 aliphatic carbocycles. The highest BCUT2D eigenvalue weighted by molar-refractivity contribution is 7.46. The molecule has 0 bridgehead atoms. The summed E-state index contributed by atoms with van der Waals surface area (Å²) in [6, 6.07) is 0. The highest BCUT2D eigenvalue weighted by Gasteiger charge is 2.26. The van der Waals surface area contributed by atoms with Gasteiger partial charge in [-0.05, 0) is 20.3 Å². The Hall–Kier alpha value is 0.110. The van der Waals surface area contributed by atoms with Crippen LogP contribution in [0.2, 0.25) is 0 Å². The zero-order valence-corrected chi connectivity index (χ0v) is 7.26. The van der Waals surface area contributed by atoms with Gasteiger partial charge in [-0.1, -0.05) is 6.92 Å². The lowest BCUT2D eigenvalue weighted by Crippen LogP contribution is -2.21. The smallest absolute Gasteiger partial charge is 0.303 e. The summed E-state index contributed by atoms with van der Waals surface area (Å²) in [4.78, 5) is 16.7. The molecule has 10 heavy (non-hydrogen) atoms. The first-order valence-corrected chi connectivity index (χ1v) is 4.56. The molecule has 62 valence electrons. The van der Waals surface area contributed by atoms with Gasteiger partial charge in [-0.2, -0.15) is 0 Å². The fourth-order valence-corrected chi connectivity index (χ4v) is 1.16. The van der Waals surface area contributed by atoms with Gasteiger partial charge in [0.2, 0.25) is 0 Å². The lowest BCUT2D eigenvalue weighted by atomic mass is 10.1. The molecule has 0 fully saturated rings. The molecule has 0 spiro atoms. The second kappa shape index (κ2) is 3.01. The summed E-state index contributed by atoms with van der Waals surface area (Å²) in [5.41, 5.74) is -0.737. The molecule has 0 heterocycles. The Balaban J connectivity index is 4.02. The maximum absolute atomic E-state index is 10.3. The van der Waals surface area contributed by atoms with Crippen LogP contribution in [-0.4, -0.2) is 15.4 Å². The lowest BCUT2D eigenvalue weighted by Gasteiger charge is -2.22. The van der Waals surface area contributed by atoms with Crippen molar-refractivity contribution in [3.63, 3.8) is 0 Å². The highest BCUT2D eigenvalue weighted by Crippen LogP contribution is 2.42. The number of phosphoric acid groups is 1. The Morgan fingerprint density at radius 3 is 2.00 bits per heavy atom. The van der Waals surface area contributed by atoms with Gasteiger partial charge >= 0.3 is 7.82 Å². The van der Waals surface area contributed by atoms with Gasteiger partial charge in [-0.3, -0.25) is 4.52 Å². The molecule has 0 saturated heterocycles. The first-order valence-electron chi connectivity index (χ1n) is 3.03. The predicted molar refractivity (Wildman–Crippen MR) is 37.5 cm³/mol. The number of rotatable bonds is 3. The summed E-state index contributed by atoms with van der Waals surface area (Å²) in [5.74, 6) is 0. The Morgan fingerprint density at radius 2 is 1.90 bits per heavy atom. The van der Waals surface area contributed by atoms with Crippen LogP contribution in [-0.2, 0) is 9.09 Å². The molecule has 0 rings (SSSR count). The van der Waals surface area contributed by atoms with Crippen LogP contribution < -0.4 is 0 Å². The average molecular weight is 168 g/mol. The van der Waals surface area contributed by atoms with Gasteiger partial charge in [0.1, 0.15) is 0 Å². The summed E-state index contributed by atoms with van der Waals surface area (Å²) in [6.45, 7) is 5.06. The molecule has 5 heteroatoms. The van der Waals surface area contributed by atoms with Gasteiger partial charge in [-0.15, -0.1) is 0 Å². The fourth-order valence-electron chi connectivity index (χ4n) is 0.386. The first kappa shape index (κ1) is 10.1. The van der Waals surface area contributed by atoms with Crippen LogP contribution in [0, 0.1) is 0 Å². The Morgan fingerprint density at radius 1 is 1.50 bits per heavy atom. The Kier molecular flexibility index (Phi) is 3.04. The number of hydrogen-bond donors (Lipinski definition) is 2. The van der Waals surface area contributed by atoms with E-state index in [0.29, 0.717) is 6.42 Å². The largest absolute Gasteiger partial charge is 0.470 e. The van der Waals surface area contributed by atoms with Gasteiger partial charge in [0.05, 0.1) is 5.60 Å². The molecular formula is C5H13O4P. The van der Waals surface area contributed by atoms with Crippen LogP contribution in [0.5, 0.6) is 0 Å². The van der Waals surface area contributed by atoms with E-state index < -0.39 is 13.4 Å².